The third-order valence-corrected chi connectivity index (χ3v) is 8.07. The summed E-state index contributed by atoms with van der Waals surface area (Å²) in [5, 5.41) is 10.5. The molecule has 1 aliphatic heterocycles. The minimum Gasteiger partial charge on any atom is -0.389 e. The molecule has 0 spiro atoms. The maximum Gasteiger partial charge on any atom is 0.128 e. The van der Waals surface area contributed by atoms with Crippen molar-refractivity contribution in [3.05, 3.63) is 24.4 Å². The quantitative estimate of drug-likeness (QED) is 0.579. The second-order valence-electron chi connectivity index (χ2n) is 10.4. The van der Waals surface area contributed by atoms with E-state index in [0.29, 0.717) is 18.6 Å². The number of aliphatic hydroxyl groups is 1. The van der Waals surface area contributed by atoms with Crippen LogP contribution in [0.4, 0.5) is 5.82 Å². The second-order valence-corrected chi connectivity index (χ2v) is 10.4. The summed E-state index contributed by atoms with van der Waals surface area (Å²) in [6.07, 6.45) is 11.6. The highest BCUT2D eigenvalue weighted by molar-refractivity contribution is 5.85. The molecule has 31 heavy (non-hydrogen) atoms. The Morgan fingerprint density at radius 2 is 1.65 bits per heavy atom. The molecule has 5 nitrogen and oxygen atoms in total. The molecular formula is C24H39Cl2N3O2. The number of pyridine rings is 1. The highest BCUT2D eigenvalue weighted by Gasteiger charge is 2.50. The number of piperazine rings is 1. The number of aromatic nitrogens is 1. The van der Waals surface area contributed by atoms with Crippen LogP contribution >= 0.6 is 24.8 Å². The van der Waals surface area contributed by atoms with Crippen molar-refractivity contribution in [2.75, 3.05) is 50.8 Å². The van der Waals surface area contributed by atoms with E-state index in [1.807, 2.05) is 18.3 Å². The summed E-state index contributed by atoms with van der Waals surface area (Å²) < 4.78 is 5.97. The fourth-order valence-corrected chi connectivity index (χ4v) is 7.16. The van der Waals surface area contributed by atoms with Crippen molar-refractivity contribution in [2.24, 2.45) is 23.2 Å². The average molecular weight is 473 g/mol. The molecule has 5 fully saturated rings. The summed E-state index contributed by atoms with van der Waals surface area (Å²) in [4.78, 5) is 9.12. The molecule has 1 N–H and O–H groups in total. The molecule has 1 unspecified atom stereocenters. The zero-order chi connectivity index (χ0) is 19.7. The van der Waals surface area contributed by atoms with Gasteiger partial charge in [0.2, 0.25) is 0 Å². The Bertz CT molecular complexity index is 635. The molecule has 4 bridgehead atoms. The van der Waals surface area contributed by atoms with Crippen LogP contribution in [0.5, 0.6) is 0 Å². The van der Waals surface area contributed by atoms with Gasteiger partial charge in [0.15, 0.2) is 0 Å². The van der Waals surface area contributed by atoms with E-state index in [2.05, 4.69) is 20.9 Å². The summed E-state index contributed by atoms with van der Waals surface area (Å²) in [6.45, 7) is 5.91. The molecule has 0 radical (unpaired) electrons. The summed E-state index contributed by atoms with van der Waals surface area (Å²) in [5.74, 6) is 4.09. The third-order valence-electron chi connectivity index (χ3n) is 8.07. The van der Waals surface area contributed by atoms with Crippen molar-refractivity contribution in [3.63, 3.8) is 0 Å². The van der Waals surface area contributed by atoms with Gasteiger partial charge in [0, 0.05) is 45.5 Å². The van der Waals surface area contributed by atoms with E-state index in [1.165, 1.54) is 44.9 Å². The number of hydrogen-bond donors (Lipinski definition) is 1. The van der Waals surface area contributed by atoms with Gasteiger partial charge in [-0.2, -0.15) is 0 Å². The van der Waals surface area contributed by atoms with E-state index in [0.717, 1.165) is 56.4 Å². The smallest absolute Gasteiger partial charge is 0.128 e. The van der Waals surface area contributed by atoms with Gasteiger partial charge in [0.05, 0.1) is 12.7 Å². The number of ether oxygens (including phenoxy) is 1. The molecule has 4 saturated carbocycles. The van der Waals surface area contributed by atoms with Crippen LogP contribution in [-0.2, 0) is 4.74 Å². The highest BCUT2D eigenvalue weighted by Crippen LogP contribution is 2.61. The standard InChI is InChI=1S/C24H37N3O2.2ClH/c28-22(17-26-6-8-27(9-7-26)23-3-1-2-5-25-23)18-29-10-4-24-14-19-11-20(15-24)13-21(12-19)16-24;;/h1-3,5,19-22,28H,4,6-18H2;2*1H. The van der Waals surface area contributed by atoms with Gasteiger partial charge < -0.3 is 14.7 Å². The fourth-order valence-electron chi connectivity index (χ4n) is 7.16. The number of nitrogens with zero attached hydrogens (tertiary/aromatic N) is 3. The van der Waals surface area contributed by atoms with Crippen molar-refractivity contribution < 1.29 is 9.84 Å². The molecule has 0 aromatic carbocycles. The lowest BCUT2D eigenvalue weighted by molar-refractivity contribution is -0.0741. The lowest BCUT2D eigenvalue weighted by atomic mass is 9.49. The number of anilines is 1. The number of aliphatic hydroxyl groups excluding tert-OH is 1. The highest BCUT2D eigenvalue weighted by atomic mass is 35.5. The van der Waals surface area contributed by atoms with Gasteiger partial charge in [-0.3, -0.25) is 4.90 Å². The normalized spacial score (nSPS) is 32.9. The summed E-state index contributed by atoms with van der Waals surface area (Å²) in [7, 11) is 0. The molecule has 5 aliphatic rings. The van der Waals surface area contributed by atoms with Crippen LogP contribution in [0.15, 0.2) is 24.4 Å². The molecule has 0 amide bonds. The predicted molar refractivity (Wildman–Crippen MR) is 129 cm³/mol. The zero-order valence-corrected chi connectivity index (χ0v) is 20.2. The molecule has 6 rings (SSSR count). The van der Waals surface area contributed by atoms with Gasteiger partial charge >= 0.3 is 0 Å². The molecule has 2 heterocycles. The van der Waals surface area contributed by atoms with E-state index < -0.39 is 0 Å². The van der Waals surface area contributed by atoms with E-state index in [9.17, 15) is 5.11 Å². The Hall–Kier alpha value is -0.590. The van der Waals surface area contributed by atoms with Gasteiger partial charge in [-0.25, -0.2) is 4.98 Å². The lowest BCUT2D eigenvalue weighted by Crippen LogP contribution is -2.49. The first-order chi connectivity index (χ1) is 14.2. The van der Waals surface area contributed by atoms with Gasteiger partial charge in [-0.05, 0) is 80.2 Å². The van der Waals surface area contributed by atoms with E-state index in [4.69, 9.17) is 4.74 Å². The largest absolute Gasteiger partial charge is 0.389 e. The van der Waals surface area contributed by atoms with Crippen LogP contribution in [0.25, 0.3) is 0 Å². The Morgan fingerprint density at radius 1 is 1.00 bits per heavy atom. The monoisotopic (exact) mass is 471 g/mol. The van der Waals surface area contributed by atoms with Crippen LogP contribution in [0.1, 0.15) is 44.9 Å². The van der Waals surface area contributed by atoms with Crippen LogP contribution in [0.3, 0.4) is 0 Å². The van der Waals surface area contributed by atoms with Crippen LogP contribution in [0, 0.1) is 23.2 Å². The van der Waals surface area contributed by atoms with E-state index >= 15 is 0 Å². The van der Waals surface area contributed by atoms with Gasteiger partial charge in [-0.1, -0.05) is 6.07 Å². The first-order valence-electron chi connectivity index (χ1n) is 11.8. The minimum atomic E-state index is -0.382. The average Bonchev–Trinajstić information content (AvgIpc) is 2.71. The SMILES string of the molecule is Cl.Cl.OC(COCCC12CC3CC(CC(C3)C1)C2)CN1CCN(c2ccccn2)CC1. The Labute approximate surface area is 199 Å². The molecule has 7 heteroatoms. The Morgan fingerprint density at radius 3 is 2.23 bits per heavy atom. The van der Waals surface area contributed by atoms with Crippen LogP contribution in [0.2, 0.25) is 0 Å². The number of hydrogen-bond acceptors (Lipinski definition) is 5. The molecule has 1 atom stereocenters. The molecular weight excluding hydrogens is 433 g/mol. The first-order valence-corrected chi connectivity index (χ1v) is 11.8. The molecule has 1 aromatic heterocycles. The van der Waals surface area contributed by atoms with Gasteiger partial charge in [-0.15, -0.1) is 24.8 Å². The van der Waals surface area contributed by atoms with Gasteiger partial charge in [0.1, 0.15) is 5.82 Å². The predicted octanol–water partition coefficient (Wildman–Crippen LogP) is 4.03. The summed E-state index contributed by atoms with van der Waals surface area (Å²) in [5.41, 5.74) is 0.585. The summed E-state index contributed by atoms with van der Waals surface area (Å²) >= 11 is 0. The molecule has 176 valence electrons. The topological polar surface area (TPSA) is 48.8 Å². The van der Waals surface area contributed by atoms with Crippen molar-refractivity contribution in [1.82, 2.24) is 9.88 Å². The summed E-state index contributed by atoms with van der Waals surface area (Å²) in [6, 6.07) is 6.07. The second kappa shape index (κ2) is 11.0. The molecule has 4 aliphatic carbocycles. The third kappa shape index (κ3) is 6.05. The van der Waals surface area contributed by atoms with Crippen molar-refractivity contribution in [2.45, 2.75) is 51.0 Å². The van der Waals surface area contributed by atoms with E-state index in [-0.39, 0.29) is 30.9 Å². The fraction of sp³-hybridized carbons (Fsp3) is 0.792. The first kappa shape index (κ1) is 25.0. The maximum atomic E-state index is 10.5. The minimum absolute atomic E-state index is 0. The molecule has 1 aromatic rings. The maximum absolute atomic E-state index is 10.5. The Kier molecular flexibility index (Phi) is 8.90. The van der Waals surface area contributed by atoms with Gasteiger partial charge in [0.25, 0.3) is 0 Å². The lowest BCUT2D eigenvalue weighted by Gasteiger charge is -2.57. The van der Waals surface area contributed by atoms with Crippen molar-refractivity contribution >= 4 is 30.6 Å². The van der Waals surface area contributed by atoms with E-state index in [1.54, 1.807) is 0 Å². The molecule has 1 saturated heterocycles. The Balaban J connectivity index is 0.00000136. The van der Waals surface area contributed by atoms with Crippen molar-refractivity contribution in [3.8, 4) is 0 Å². The number of rotatable bonds is 8. The number of β-amino-alcohol motifs (C(OH)–C–C–N with tert-alkyl or cyclic N) is 1. The van der Waals surface area contributed by atoms with Crippen LogP contribution < -0.4 is 4.90 Å². The zero-order valence-electron chi connectivity index (χ0n) is 18.5. The van der Waals surface area contributed by atoms with Crippen molar-refractivity contribution in [1.29, 1.82) is 0 Å². The van der Waals surface area contributed by atoms with Crippen LogP contribution in [-0.4, -0.2) is 67.0 Å². The number of halogens is 2.